The summed E-state index contributed by atoms with van der Waals surface area (Å²) in [6.07, 6.45) is 2.54. The van der Waals surface area contributed by atoms with Crippen molar-refractivity contribution in [1.82, 2.24) is 25.7 Å². The van der Waals surface area contributed by atoms with Crippen molar-refractivity contribution in [2.45, 2.75) is 38.1 Å². The van der Waals surface area contributed by atoms with E-state index in [-0.39, 0.29) is 35.6 Å². The summed E-state index contributed by atoms with van der Waals surface area (Å²) in [5, 5.41) is 13.3. The number of nitrogens with one attached hydrogen (secondary N) is 2. The maximum Gasteiger partial charge on any atom is 0.264 e. The maximum absolute atomic E-state index is 13.3. The van der Waals surface area contributed by atoms with E-state index < -0.39 is 0 Å². The lowest BCUT2D eigenvalue weighted by atomic mass is 9.92. The number of hydrogen-bond donors (Lipinski definition) is 2. The number of carbonyl (C=O) groups is 1. The third kappa shape index (κ3) is 4.13. The zero-order valence-corrected chi connectivity index (χ0v) is 14.9. The van der Waals surface area contributed by atoms with Crippen LogP contribution in [0, 0.1) is 5.82 Å². The molecule has 0 saturated heterocycles. The number of benzene rings is 1. The summed E-state index contributed by atoms with van der Waals surface area (Å²) in [7, 11) is 0. The van der Waals surface area contributed by atoms with Crippen LogP contribution in [0.5, 0.6) is 0 Å². The molecule has 0 aliphatic heterocycles. The van der Waals surface area contributed by atoms with Gasteiger partial charge in [-0.25, -0.2) is 9.49 Å². The van der Waals surface area contributed by atoms with Crippen LogP contribution in [0.2, 0.25) is 0 Å². The SMILES string of the molecule is O=C(CCc1nc(-c2cccc(F)c2)no1)NC1CCc2n[nH]c(=O)cc2C1. The maximum atomic E-state index is 13.3. The number of halogens is 1. The Bertz CT molecular complexity index is 1060. The lowest BCUT2D eigenvalue weighted by Gasteiger charge is -2.24. The van der Waals surface area contributed by atoms with Crippen LogP contribution in [0.3, 0.4) is 0 Å². The van der Waals surface area contributed by atoms with Crippen molar-refractivity contribution >= 4 is 5.91 Å². The number of H-pyrrole nitrogens is 1. The molecule has 0 radical (unpaired) electrons. The van der Waals surface area contributed by atoms with Gasteiger partial charge in [0.15, 0.2) is 0 Å². The highest BCUT2D eigenvalue weighted by Crippen LogP contribution is 2.19. The summed E-state index contributed by atoms with van der Waals surface area (Å²) < 4.78 is 18.4. The first-order valence-electron chi connectivity index (χ1n) is 9.02. The van der Waals surface area contributed by atoms with E-state index in [9.17, 15) is 14.0 Å². The van der Waals surface area contributed by atoms with E-state index in [1.165, 1.54) is 18.2 Å². The van der Waals surface area contributed by atoms with Gasteiger partial charge in [-0.1, -0.05) is 17.3 Å². The summed E-state index contributed by atoms with van der Waals surface area (Å²) in [6.45, 7) is 0. The smallest absolute Gasteiger partial charge is 0.264 e. The summed E-state index contributed by atoms with van der Waals surface area (Å²) in [5.41, 5.74) is 2.03. The molecule has 0 bridgehead atoms. The molecule has 0 saturated carbocycles. The van der Waals surface area contributed by atoms with Crippen LogP contribution < -0.4 is 10.9 Å². The van der Waals surface area contributed by atoms with Crippen LogP contribution in [0.25, 0.3) is 11.4 Å². The second-order valence-electron chi connectivity index (χ2n) is 6.73. The number of aromatic amines is 1. The van der Waals surface area contributed by atoms with Crippen LogP contribution in [-0.2, 0) is 24.1 Å². The fourth-order valence-corrected chi connectivity index (χ4v) is 3.28. The Balaban J connectivity index is 1.31. The predicted octanol–water partition coefficient (Wildman–Crippen LogP) is 1.57. The zero-order chi connectivity index (χ0) is 19.5. The molecule has 9 heteroatoms. The molecule has 1 aliphatic carbocycles. The summed E-state index contributed by atoms with van der Waals surface area (Å²) >= 11 is 0. The van der Waals surface area contributed by atoms with Crippen LogP contribution >= 0.6 is 0 Å². The highest BCUT2D eigenvalue weighted by molar-refractivity contribution is 5.76. The van der Waals surface area contributed by atoms with Crippen molar-refractivity contribution in [2.75, 3.05) is 0 Å². The molecule has 28 heavy (non-hydrogen) atoms. The first-order chi connectivity index (χ1) is 13.6. The Morgan fingerprint density at radius 3 is 3.11 bits per heavy atom. The third-order valence-corrected chi connectivity index (χ3v) is 4.65. The van der Waals surface area contributed by atoms with Crippen LogP contribution in [-0.4, -0.2) is 32.3 Å². The molecule has 1 aliphatic rings. The lowest BCUT2D eigenvalue weighted by molar-refractivity contribution is -0.121. The summed E-state index contributed by atoms with van der Waals surface area (Å²) in [5.74, 6) is 0.0990. The zero-order valence-electron chi connectivity index (χ0n) is 14.9. The van der Waals surface area contributed by atoms with Gasteiger partial charge in [0, 0.05) is 30.5 Å². The van der Waals surface area contributed by atoms with Crippen molar-refractivity contribution in [3.63, 3.8) is 0 Å². The molecule has 8 nitrogen and oxygen atoms in total. The third-order valence-electron chi connectivity index (χ3n) is 4.65. The van der Waals surface area contributed by atoms with Gasteiger partial charge in [0.1, 0.15) is 5.82 Å². The Hall–Kier alpha value is -3.36. The molecule has 1 amide bonds. The van der Waals surface area contributed by atoms with Gasteiger partial charge in [-0.15, -0.1) is 0 Å². The molecule has 144 valence electrons. The molecule has 2 aromatic heterocycles. The molecular formula is C19H18FN5O3. The van der Waals surface area contributed by atoms with E-state index in [1.54, 1.807) is 12.1 Å². The van der Waals surface area contributed by atoms with Crippen molar-refractivity contribution < 1.29 is 13.7 Å². The van der Waals surface area contributed by atoms with Gasteiger partial charge < -0.3 is 9.84 Å². The average Bonchev–Trinajstić information content (AvgIpc) is 3.15. The number of carbonyl (C=O) groups excluding carboxylic acids is 1. The van der Waals surface area contributed by atoms with Crippen molar-refractivity contribution in [1.29, 1.82) is 0 Å². The van der Waals surface area contributed by atoms with E-state index in [4.69, 9.17) is 4.52 Å². The highest BCUT2D eigenvalue weighted by atomic mass is 19.1. The first kappa shape index (κ1) is 18.0. The molecule has 0 spiro atoms. The molecule has 2 heterocycles. The molecule has 1 aromatic carbocycles. The van der Waals surface area contributed by atoms with Gasteiger partial charge >= 0.3 is 0 Å². The van der Waals surface area contributed by atoms with Gasteiger partial charge in [0.2, 0.25) is 17.6 Å². The Labute approximate surface area is 159 Å². The Kier molecular flexibility index (Phi) is 4.96. The highest BCUT2D eigenvalue weighted by Gasteiger charge is 2.22. The fraction of sp³-hybridized carbons (Fsp3) is 0.316. The monoisotopic (exact) mass is 383 g/mol. The molecule has 4 rings (SSSR count). The fourth-order valence-electron chi connectivity index (χ4n) is 3.28. The second kappa shape index (κ2) is 7.71. The van der Waals surface area contributed by atoms with Crippen LogP contribution in [0.4, 0.5) is 4.39 Å². The predicted molar refractivity (Wildman–Crippen MR) is 96.8 cm³/mol. The minimum Gasteiger partial charge on any atom is -0.353 e. The van der Waals surface area contributed by atoms with Crippen LogP contribution in [0.1, 0.15) is 30.0 Å². The van der Waals surface area contributed by atoms with Gasteiger partial charge in [0.25, 0.3) is 5.56 Å². The number of aryl methyl sites for hydroxylation is 2. The number of rotatable bonds is 5. The van der Waals surface area contributed by atoms with Crippen molar-refractivity contribution in [2.24, 2.45) is 0 Å². The number of amides is 1. The molecule has 2 N–H and O–H groups in total. The summed E-state index contributed by atoms with van der Waals surface area (Å²) in [4.78, 5) is 27.9. The number of hydrogen-bond acceptors (Lipinski definition) is 6. The largest absolute Gasteiger partial charge is 0.353 e. The van der Waals surface area contributed by atoms with Gasteiger partial charge in [-0.2, -0.15) is 10.1 Å². The minimum atomic E-state index is -0.380. The Morgan fingerprint density at radius 1 is 1.36 bits per heavy atom. The van der Waals surface area contributed by atoms with Crippen molar-refractivity contribution in [3.8, 4) is 11.4 Å². The lowest BCUT2D eigenvalue weighted by Crippen LogP contribution is -2.39. The van der Waals surface area contributed by atoms with Gasteiger partial charge in [-0.3, -0.25) is 9.59 Å². The quantitative estimate of drug-likeness (QED) is 0.691. The molecule has 1 atom stereocenters. The van der Waals surface area contributed by atoms with E-state index >= 15 is 0 Å². The number of aromatic nitrogens is 4. The molecule has 3 aromatic rings. The molecular weight excluding hydrogens is 365 g/mol. The van der Waals surface area contributed by atoms with Crippen molar-refractivity contribution in [3.05, 3.63) is 63.7 Å². The van der Waals surface area contributed by atoms with E-state index in [2.05, 4.69) is 25.7 Å². The van der Waals surface area contributed by atoms with E-state index in [0.717, 1.165) is 17.7 Å². The molecule has 0 fully saturated rings. The van der Waals surface area contributed by atoms with E-state index in [1.807, 2.05) is 0 Å². The normalized spacial score (nSPS) is 15.8. The minimum absolute atomic E-state index is 0.0332. The standard InChI is InChI=1S/C19H18FN5O3/c20-13-3-1-2-11(8-13)19-22-18(28-25-19)7-6-16(26)21-14-4-5-15-12(9-14)10-17(27)24-23-15/h1-3,8,10,14H,4-7,9H2,(H,21,26)(H,24,27). The average molecular weight is 383 g/mol. The van der Waals surface area contributed by atoms with E-state index in [0.29, 0.717) is 30.7 Å². The number of fused-ring (bicyclic) bond motifs is 1. The molecule has 1 unspecified atom stereocenters. The Morgan fingerprint density at radius 2 is 2.25 bits per heavy atom. The van der Waals surface area contributed by atoms with Gasteiger partial charge in [-0.05, 0) is 37.0 Å². The number of nitrogens with zero attached hydrogens (tertiary/aromatic N) is 3. The second-order valence-corrected chi connectivity index (χ2v) is 6.73. The van der Waals surface area contributed by atoms with Crippen LogP contribution in [0.15, 0.2) is 39.6 Å². The van der Waals surface area contributed by atoms with Gasteiger partial charge in [0.05, 0.1) is 5.69 Å². The summed E-state index contributed by atoms with van der Waals surface area (Å²) in [6, 6.07) is 7.42. The topological polar surface area (TPSA) is 114 Å². The first-order valence-corrected chi connectivity index (χ1v) is 9.02.